The topological polar surface area (TPSA) is 98.2 Å². The van der Waals surface area contributed by atoms with Gasteiger partial charge in [-0.25, -0.2) is 9.97 Å². The highest BCUT2D eigenvalue weighted by Gasteiger charge is 2.28. The van der Waals surface area contributed by atoms with E-state index in [1.165, 1.54) is 6.33 Å². The smallest absolute Gasteiger partial charge is 0.160 e. The molecule has 0 unspecified atom stereocenters. The maximum absolute atomic E-state index is 9.95. The number of hydrogen-bond donors (Lipinski definition) is 3. The number of nitrogens with zero attached hydrogens (tertiary/aromatic N) is 4. The number of β-amino-alcohol motifs (C(OH)–C–C–N with tert-alkyl or cyclic N) is 1. The molecule has 0 radical (unpaired) electrons. The number of anilines is 1. The zero-order valence-electron chi connectivity index (χ0n) is 9.82. The zero-order valence-corrected chi connectivity index (χ0v) is 9.82. The number of nitrogens with one attached hydrogen (secondary N) is 1. The van der Waals surface area contributed by atoms with Gasteiger partial charge in [0.2, 0.25) is 0 Å². The maximum Gasteiger partial charge on any atom is 0.160 e. The van der Waals surface area contributed by atoms with Crippen LogP contribution in [0.2, 0.25) is 0 Å². The van der Waals surface area contributed by atoms with Crippen LogP contribution in [0.15, 0.2) is 12.5 Å². The van der Waals surface area contributed by atoms with Gasteiger partial charge in [0.05, 0.1) is 17.7 Å². The summed E-state index contributed by atoms with van der Waals surface area (Å²) in [5.74, 6) is 0.743. The molecule has 0 bridgehead atoms. The highest BCUT2D eigenvalue weighted by Crippen LogP contribution is 2.26. The molecule has 1 saturated heterocycles. The summed E-state index contributed by atoms with van der Waals surface area (Å²) in [4.78, 5) is 10.4. The van der Waals surface area contributed by atoms with Crippen molar-refractivity contribution in [1.82, 2.24) is 20.2 Å². The number of fused-ring (bicyclic) bond motifs is 1. The lowest BCUT2D eigenvalue weighted by Crippen LogP contribution is -2.45. The molecule has 0 amide bonds. The third kappa shape index (κ3) is 1.81. The molecule has 1 fully saturated rings. The van der Waals surface area contributed by atoms with Crippen molar-refractivity contribution in [2.24, 2.45) is 5.92 Å². The third-order valence-corrected chi connectivity index (χ3v) is 3.48. The van der Waals surface area contributed by atoms with E-state index in [4.69, 9.17) is 5.11 Å². The Kier molecular flexibility index (Phi) is 2.85. The molecule has 0 spiro atoms. The number of H-pyrrole nitrogens is 1. The summed E-state index contributed by atoms with van der Waals surface area (Å²) in [7, 11) is 0. The number of piperidine rings is 1. The molecule has 1 aliphatic rings. The SMILES string of the molecule is OC[C@H]1CCN(c2ncnc3[nH]ncc23)C[C@@H]1O. The summed E-state index contributed by atoms with van der Waals surface area (Å²) >= 11 is 0. The highest BCUT2D eigenvalue weighted by atomic mass is 16.3. The van der Waals surface area contributed by atoms with Crippen LogP contribution in [-0.2, 0) is 0 Å². The summed E-state index contributed by atoms with van der Waals surface area (Å²) in [6.45, 7) is 1.27. The fourth-order valence-electron chi connectivity index (χ4n) is 2.39. The summed E-state index contributed by atoms with van der Waals surface area (Å²) < 4.78 is 0. The largest absolute Gasteiger partial charge is 0.396 e. The predicted octanol–water partition coefficient (Wildman–Crippen LogP) is -0.468. The number of aliphatic hydroxyl groups is 2. The Bertz CT molecular complexity index is 543. The van der Waals surface area contributed by atoms with Crippen molar-refractivity contribution in [3.63, 3.8) is 0 Å². The molecule has 2 aromatic rings. The molecule has 0 saturated carbocycles. The second-order valence-corrected chi connectivity index (χ2v) is 4.57. The molecule has 3 rings (SSSR count). The Morgan fingerprint density at radius 3 is 3.11 bits per heavy atom. The first-order valence-electron chi connectivity index (χ1n) is 5.97. The van der Waals surface area contributed by atoms with Crippen molar-refractivity contribution in [3.8, 4) is 0 Å². The fraction of sp³-hybridized carbons (Fsp3) is 0.545. The van der Waals surface area contributed by atoms with Gasteiger partial charge in [0.1, 0.15) is 12.1 Å². The Labute approximate surface area is 103 Å². The first kappa shape index (κ1) is 11.4. The number of aromatic nitrogens is 4. The summed E-state index contributed by atoms with van der Waals surface area (Å²) in [6.07, 6.45) is 3.40. The molecular weight excluding hydrogens is 234 g/mol. The van der Waals surface area contributed by atoms with Crippen LogP contribution in [0.5, 0.6) is 0 Å². The van der Waals surface area contributed by atoms with Crippen molar-refractivity contribution < 1.29 is 10.2 Å². The van der Waals surface area contributed by atoms with Gasteiger partial charge >= 0.3 is 0 Å². The van der Waals surface area contributed by atoms with Crippen LogP contribution < -0.4 is 4.90 Å². The average Bonchev–Trinajstić information content (AvgIpc) is 2.86. The Morgan fingerprint density at radius 2 is 2.33 bits per heavy atom. The first-order valence-corrected chi connectivity index (χ1v) is 5.97. The van der Waals surface area contributed by atoms with E-state index in [-0.39, 0.29) is 12.5 Å². The quantitative estimate of drug-likeness (QED) is 0.665. The van der Waals surface area contributed by atoms with Crippen molar-refractivity contribution >= 4 is 16.9 Å². The van der Waals surface area contributed by atoms with E-state index in [1.807, 2.05) is 4.90 Å². The van der Waals surface area contributed by atoms with Crippen molar-refractivity contribution in [2.45, 2.75) is 12.5 Å². The Hall–Kier alpha value is -1.73. The number of hydrogen-bond acceptors (Lipinski definition) is 6. The minimum Gasteiger partial charge on any atom is -0.396 e. The van der Waals surface area contributed by atoms with E-state index in [9.17, 15) is 5.11 Å². The minimum atomic E-state index is -0.527. The molecule has 96 valence electrons. The molecule has 2 aromatic heterocycles. The molecule has 3 heterocycles. The molecule has 3 N–H and O–H groups in total. The maximum atomic E-state index is 9.95. The first-order chi connectivity index (χ1) is 8.79. The Morgan fingerprint density at radius 1 is 1.44 bits per heavy atom. The van der Waals surface area contributed by atoms with Gasteiger partial charge in [-0.1, -0.05) is 0 Å². The van der Waals surface area contributed by atoms with Crippen LogP contribution in [0, 0.1) is 5.92 Å². The fourth-order valence-corrected chi connectivity index (χ4v) is 2.39. The molecule has 0 aromatic carbocycles. The van der Waals surface area contributed by atoms with Gasteiger partial charge < -0.3 is 15.1 Å². The van der Waals surface area contributed by atoms with E-state index in [0.29, 0.717) is 12.2 Å². The molecule has 7 nitrogen and oxygen atoms in total. The standard InChI is InChI=1S/C11H15N5O2/c17-5-7-1-2-16(4-9(7)18)11-8-3-14-15-10(8)12-6-13-11/h3,6-7,9,17-18H,1-2,4-5H2,(H,12,13,14,15)/t7-,9+/m1/s1. The van der Waals surface area contributed by atoms with Gasteiger partial charge in [-0.15, -0.1) is 0 Å². The van der Waals surface area contributed by atoms with Crippen LogP contribution in [-0.4, -0.2) is 56.2 Å². The zero-order chi connectivity index (χ0) is 12.5. The van der Waals surface area contributed by atoms with E-state index in [0.717, 1.165) is 24.2 Å². The van der Waals surface area contributed by atoms with Gasteiger partial charge in [-0.2, -0.15) is 5.10 Å². The average molecular weight is 249 g/mol. The Balaban J connectivity index is 1.89. The normalized spacial score (nSPS) is 24.7. The van der Waals surface area contributed by atoms with E-state index in [1.54, 1.807) is 6.20 Å². The van der Waals surface area contributed by atoms with Crippen LogP contribution in [0.1, 0.15) is 6.42 Å². The molecule has 18 heavy (non-hydrogen) atoms. The highest BCUT2D eigenvalue weighted by molar-refractivity contribution is 5.86. The monoisotopic (exact) mass is 249 g/mol. The molecule has 1 aliphatic heterocycles. The van der Waals surface area contributed by atoms with Gasteiger partial charge in [-0.05, 0) is 6.42 Å². The molecular formula is C11H15N5O2. The lowest BCUT2D eigenvalue weighted by molar-refractivity contribution is 0.0547. The lowest BCUT2D eigenvalue weighted by atomic mass is 9.95. The van der Waals surface area contributed by atoms with Crippen LogP contribution in [0.3, 0.4) is 0 Å². The van der Waals surface area contributed by atoms with Gasteiger partial charge in [0, 0.05) is 25.6 Å². The van der Waals surface area contributed by atoms with Crippen molar-refractivity contribution in [2.75, 3.05) is 24.6 Å². The summed E-state index contributed by atoms with van der Waals surface area (Å²) in [5.41, 5.74) is 0.693. The molecule has 0 aliphatic carbocycles. The minimum absolute atomic E-state index is 0.0277. The van der Waals surface area contributed by atoms with Crippen LogP contribution >= 0.6 is 0 Å². The van der Waals surface area contributed by atoms with E-state index >= 15 is 0 Å². The molecule has 2 atom stereocenters. The predicted molar refractivity (Wildman–Crippen MR) is 65.1 cm³/mol. The van der Waals surface area contributed by atoms with Gasteiger partial charge in [-0.3, -0.25) is 5.10 Å². The van der Waals surface area contributed by atoms with Crippen molar-refractivity contribution in [1.29, 1.82) is 0 Å². The van der Waals surface area contributed by atoms with Crippen LogP contribution in [0.4, 0.5) is 5.82 Å². The van der Waals surface area contributed by atoms with Gasteiger partial charge in [0.15, 0.2) is 5.65 Å². The second kappa shape index (κ2) is 4.51. The molecule has 7 heteroatoms. The summed E-state index contributed by atoms with van der Waals surface area (Å²) in [5, 5.41) is 26.7. The van der Waals surface area contributed by atoms with Crippen LogP contribution in [0.25, 0.3) is 11.0 Å². The van der Waals surface area contributed by atoms with E-state index in [2.05, 4.69) is 20.2 Å². The third-order valence-electron chi connectivity index (χ3n) is 3.48. The lowest BCUT2D eigenvalue weighted by Gasteiger charge is -2.35. The van der Waals surface area contributed by atoms with Gasteiger partial charge in [0.25, 0.3) is 0 Å². The summed E-state index contributed by atoms with van der Waals surface area (Å²) in [6, 6.07) is 0. The number of rotatable bonds is 2. The van der Waals surface area contributed by atoms with E-state index < -0.39 is 6.10 Å². The second-order valence-electron chi connectivity index (χ2n) is 4.57. The number of aliphatic hydroxyl groups excluding tert-OH is 2. The van der Waals surface area contributed by atoms with Crippen molar-refractivity contribution in [3.05, 3.63) is 12.5 Å². The number of aromatic amines is 1.